The molecular weight excluding hydrogens is 204 g/mol. The topological polar surface area (TPSA) is 47.3 Å². The van der Waals surface area contributed by atoms with E-state index in [4.69, 9.17) is 9.15 Å². The molecule has 1 aromatic heterocycles. The van der Waals surface area contributed by atoms with E-state index >= 15 is 0 Å². The summed E-state index contributed by atoms with van der Waals surface area (Å²) >= 11 is 0. The van der Waals surface area contributed by atoms with Crippen LogP contribution in [0.5, 0.6) is 0 Å². The van der Waals surface area contributed by atoms with Gasteiger partial charge in [0, 0.05) is 6.61 Å². The number of nitrogens with one attached hydrogen (secondary N) is 1. The molecule has 0 aromatic carbocycles. The van der Waals surface area contributed by atoms with Crippen LogP contribution in [0.1, 0.15) is 55.8 Å². The fraction of sp³-hybridized carbons (Fsp3) is 0.750. The summed E-state index contributed by atoms with van der Waals surface area (Å²) in [7, 11) is 0. The Kier molecular flexibility index (Phi) is 2.93. The zero-order chi connectivity index (χ0) is 10.8. The number of ether oxygens (including phenoxy) is 1. The average Bonchev–Trinajstić information content (AvgIpc) is 3.01. The summed E-state index contributed by atoms with van der Waals surface area (Å²) in [6.45, 7) is 1.93. The second-order valence-electron chi connectivity index (χ2n) is 4.61. The van der Waals surface area contributed by atoms with Gasteiger partial charge in [0.1, 0.15) is 18.1 Å². The van der Waals surface area contributed by atoms with Crippen LogP contribution in [-0.2, 0) is 4.74 Å². The van der Waals surface area contributed by atoms with E-state index in [0.717, 1.165) is 44.0 Å². The average molecular weight is 222 g/mol. The molecule has 2 aliphatic heterocycles. The van der Waals surface area contributed by atoms with Crippen LogP contribution in [0.4, 0.5) is 0 Å². The van der Waals surface area contributed by atoms with E-state index in [1.165, 1.54) is 12.8 Å². The molecule has 4 heteroatoms. The predicted molar refractivity (Wildman–Crippen MR) is 59.0 cm³/mol. The third kappa shape index (κ3) is 1.99. The molecule has 2 unspecified atom stereocenters. The highest BCUT2D eigenvalue weighted by molar-refractivity contribution is 5.05. The highest BCUT2D eigenvalue weighted by Crippen LogP contribution is 2.30. The molecule has 88 valence electrons. The summed E-state index contributed by atoms with van der Waals surface area (Å²) < 4.78 is 11.2. The number of aromatic nitrogens is 1. The van der Waals surface area contributed by atoms with Crippen molar-refractivity contribution in [1.29, 1.82) is 0 Å². The summed E-state index contributed by atoms with van der Waals surface area (Å²) in [6.07, 6.45) is 7.79. The van der Waals surface area contributed by atoms with E-state index in [1.807, 2.05) is 0 Å². The lowest BCUT2D eigenvalue weighted by Crippen LogP contribution is -2.27. The van der Waals surface area contributed by atoms with Gasteiger partial charge in [-0.3, -0.25) is 0 Å². The summed E-state index contributed by atoms with van der Waals surface area (Å²) in [5, 5.41) is 3.44. The van der Waals surface area contributed by atoms with Gasteiger partial charge >= 0.3 is 0 Å². The van der Waals surface area contributed by atoms with Crippen molar-refractivity contribution in [3.63, 3.8) is 0 Å². The van der Waals surface area contributed by atoms with Crippen molar-refractivity contribution in [2.24, 2.45) is 0 Å². The van der Waals surface area contributed by atoms with Crippen molar-refractivity contribution in [3.8, 4) is 0 Å². The summed E-state index contributed by atoms with van der Waals surface area (Å²) in [5.41, 5.74) is 0.972. The molecule has 0 spiro atoms. The Balaban J connectivity index is 1.71. The smallest absolute Gasteiger partial charge is 0.211 e. The van der Waals surface area contributed by atoms with Gasteiger partial charge in [0.05, 0.1) is 6.04 Å². The van der Waals surface area contributed by atoms with E-state index in [0.29, 0.717) is 6.04 Å². The number of rotatable bonds is 2. The molecule has 2 fully saturated rings. The largest absolute Gasteiger partial charge is 0.447 e. The second kappa shape index (κ2) is 4.55. The maximum atomic E-state index is 5.60. The lowest BCUT2D eigenvalue weighted by Gasteiger charge is -2.20. The van der Waals surface area contributed by atoms with Crippen LogP contribution in [0, 0.1) is 0 Å². The minimum Gasteiger partial charge on any atom is -0.447 e. The van der Waals surface area contributed by atoms with Gasteiger partial charge in [-0.2, -0.15) is 0 Å². The molecule has 4 nitrogen and oxygen atoms in total. The Morgan fingerprint density at radius 3 is 3.00 bits per heavy atom. The highest BCUT2D eigenvalue weighted by atomic mass is 16.5. The molecule has 1 N–H and O–H groups in total. The number of hydrogen-bond acceptors (Lipinski definition) is 4. The molecule has 2 atom stereocenters. The Morgan fingerprint density at radius 1 is 1.25 bits per heavy atom. The van der Waals surface area contributed by atoms with Crippen molar-refractivity contribution >= 4 is 0 Å². The molecule has 3 heterocycles. The second-order valence-corrected chi connectivity index (χ2v) is 4.61. The maximum absolute atomic E-state index is 5.60. The van der Waals surface area contributed by atoms with Crippen LogP contribution in [0.2, 0.25) is 0 Å². The van der Waals surface area contributed by atoms with Gasteiger partial charge < -0.3 is 14.5 Å². The van der Waals surface area contributed by atoms with Crippen LogP contribution in [0.25, 0.3) is 0 Å². The predicted octanol–water partition coefficient (Wildman–Crippen LogP) is 2.34. The van der Waals surface area contributed by atoms with Crippen molar-refractivity contribution in [3.05, 3.63) is 17.8 Å². The number of oxazole rings is 1. The van der Waals surface area contributed by atoms with Crippen molar-refractivity contribution in [2.75, 3.05) is 13.2 Å². The maximum Gasteiger partial charge on any atom is 0.211 e. The van der Waals surface area contributed by atoms with Gasteiger partial charge in [0.15, 0.2) is 0 Å². The van der Waals surface area contributed by atoms with Gasteiger partial charge in [-0.15, -0.1) is 0 Å². The fourth-order valence-electron chi connectivity index (χ4n) is 2.48. The lowest BCUT2D eigenvalue weighted by molar-refractivity contribution is 0.108. The molecule has 3 rings (SSSR count). The summed E-state index contributed by atoms with van der Waals surface area (Å²) in [5.74, 6) is 0.838. The van der Waals surface area contributed by atoms with E-state index in [-0.39, 0.29) is 6.10 Å². The molecule has 0 amide bonds. The SMILES string of the molecule is c1oc(C2CCCCN2)nc1C1CCCO1. The molecule has 1 aromatic rings. The Hall–Kier alpha value is -0.870. The van der Waals surface area contributed by atoms with Gasteiger partial charge in [0.25, 0.3) is 0 Å². The van der Waals surface area contributed by atoms with Crippen molar-refractivity contribution in [1.82, 2.24) is 10.3 Å². The van der Waals surface area contributed by atoms with Gasteiger partial charge in [0.2, 0.25) is 5.89 Å². The van der Waals surface area contributed by atoms with Gasteiger partial charge in [-0.25, -0.2) is 4.98 Å². The highest BCUT2D eigenvalue weighted by Gasteiger charge is 2.24. The molecule has 0 saturated carbocycles. The van der Waals surface area contributed by atoms with E-state index in [1.54, 1.807) is 6.26 Å². The monoisotopic (exact) mass is 222 g/mol. The number of nitrogens with zero attached hydrogens (tertiary/aromatic N) is 1. The van der Waals surface area contributed by atoms with Gasteiger partial charge in [-0.05, 0) is 32.2 Å². The lowest BCUT2D eigenvalue weighted by atomic mass is 10.1. The zero-order valence-corrected chi connectivity index (χ0v) is 9.45. The molecule has 2 aliphatic rings. The van der Waals surface area contributed by atoms with Crippen LogP contribution < -0.4 is 5.32 Å². The van der Waals surface area contributed by atoms with Gasteiger partial charge in [-0.1, -0.05) is 6.42 Å². The van der Waals surface area contributed by atoms with Crippen LogP contribution in [-0.4, -0.2) is 18.1 Å². The molecular formula is C12H18N2O2. The third-order valence-corrected chi connectivity index (χ3v) is 3.41. The first kappa shape index (κ1) is 10.3. The first-order valence-electron chi connectivity index (χ1n) is 6.24. The minimum absolute atomic E-state index is 0.168. The Labute approximate surface area is 95.4 Å². The van der Waals surface area contributed by atoms with Crippen molar-refractivity contribution < 1.29 is 9.15 Å². The molecule has 16 heavy (non-hydrogen) atoms. The normalized spacial score (nSPS) is 30.8. The Bertz CT molecular complexity index is 339. The molecule has 0 aliphatic carbocycles. The van der Waals surface area contributed by atoms with Crippen molar-refractivity contribution in [2.45, 2.75) is 44.2 Å². The number of hydrogen-bond donors (Lipinski definition) is 1. The first-order chi connectivity index (χ1) is 7.93. The van der Waals surface area contributed by atoms with Crippen LogP contribution in [0.15, 0.2) is 10.7 Å². The molecule has 0 bridgehead atoms. The Morgan fingerprint density at radius 2 is 2.25 bits per heavy atom. The third-order valence-electron chi connectivity index (χ3n) is 3.41. The summed E-state index contributed by atoms with van der Waals surface area (Å²) in [4.78, 5) is 4.56. The first-order valence-corrected chi connectivity index (χ1v) is 6.24. The molecule has 2 saturated heterocycles. The van der Waals surface area contributed by atoms with Crippen LogP contribution in [0.3, 0.4) is 0 Å². The van der Waals surface area contributed by atoms with E-state index in [2.05, 4.69) is 10.3 Å². The standard InChI is InChI=1S/C12H18N2O2/c1-2-6-13-9(4-1)12-14-10(8-16-12)11-5-3-7-15-11/h8-9,11,13H,1-7H2. The minimum atomic E-state index is 0.168. The number of piperidine rings is 1. The quantitative estimate of drug-likeness (QED) is 0.834. The fourth-order valence-corrected chi connectivity index (χ4v) is 2.48. The molecule has 0 radical (unpaired) electrons. The van der Waals surface area contributed by atoms with Crippen LogP contribution >= 0.6 is 0 Å². The zero-order valence-electron chi connectivity index (χ0n) is 9.45. The summed E-state index contributed by atoms with van der Waals surface area (Å²) in [6, 6.07) is 0.309. The van der Waals surface area contributed by atoms with E-state index in [9.17, 15) is 0 Å². The van der Waals surface area contributed by atoms with E-state index < -0.39 is 0 Å².